The number of imidazole rings is 1. The van der Waals surface area contributed by atoms with E-state index in [-0.39, 0.29) is 11.9 Å². The third kappa shape index (κ3) is 2.80. The summed E-state index contributed by atoms with van der Waals surface area (Å²) < 4.78 is 0. The minimum atomic E-state index is -0.0182. The molecule has 1 unspecified atom stereocenters. The van der Waals surface area contributed by atoms with Gasteiger partial charge in [0.25, 0.3) is 0 Å². The van der Waals surface area contributed by atoms with E-state index in [4.69, 9.17) is 0 Å². The second kappa shape index (κ2) is 6.18. The number of carbonyl (C=O) groups excluding carboxylic acids is 1. The molecule has 2 aromatic rings. The quantitative estimate of drug-likeness (QED) is 0.918. The Morgan fingerprint density at radius 1 is 1.21 bits per heavy atom. The van der Waals surface area contributed by atoms with Crippen LogP contribution in [0.4, 0.5) is 0 Å². The number of likely N-dealkylation sites (tertiary alicyclic amines) is 1. The average Bonchev–Trinajstić information content (AvgIpc) is 2.96. The van der Waals surface area contributed by atoms with Gasteiger partial charge in [-0.3, -0.25) is 9.69 Å². The van der Waals surface area contributed by atoms with E-state index in [1.165, 1.54) is 0 Å². The van der Waals surface area contributed by atoms with Crippen LogP contribution in [0.5, 0.6) is 0 Å². The Morgan fingerprint density at radius 3 is 2.62 bits per heavy atom. The molecule has 6 heteroatoms. The average molecular weight is 327 g/mol. The summed E-state index contributed by atoms with van der Waals surface area (Å²) in [6.45, 7) is 7.63. The Labute approximate surface area is 142 Å². The maximum atomic E-state index is 12.7. The van der Waals surface area contributed by atoms with Gasteiger partial charge in [-0.1, -0.05) is 12.1 Å². The Kier molecular flexibility index (Phi) is 4.02. The zero-order chi connectivity index (χ0) is 16.7. The number of hydrogen-bond acceptors (Lipinski definition) is 4. The molecule has 0 aliphatic carbocycles. The summed E-state index contributed by atoms with van der Waals surface area (Å²) in [4.78, 5) is 27.3. The lowest BCUT2D eigenvalue weighted by Crippen LogP contribution is -2.58. The van der Waals surface area contributed by atoms with Crippen molar-refractivity contribution < 1.29 is 4.79 Å². The fourth-order valence-corrected chi connectivity index (χ4v) is 3.63. The van der Waals surface area contributed by atoms with Crippen molar-refractivity contribution in [1.82, 2.24) is 24.7 Å². The highest BCUT2D eigenvalue weighted by molar-refractivity contribution is 5.82. The van der Waals surface area contributed by atoms with Gasteiger partial charge in [-0.15, -0.1) is 0 Å². The second-order valence-electron chi connectivity index (χ2n) is 7.09. The minimum Gasteiger partial charge on any atom is -0.342 e. The Bertz CT molecular complexity index is 695. The Hall–Kier alpha value is -1.92. The number of aromatic nitrogens is 2. The maximum absolute atomic E-state index is 12.7. The van der Waals surface area contributed by atoms with Crippen LogP contribution in [-0.2, 0) is 4.79 Å². The predicted molar refractivity (Wildman–Crippen MR) is 93.9 cm³/mol. The van der Waals surface area contributed by atoms with E-state index in [1.807, 2.05) is 36.1 Å². The Balaban J connectivity index is 1.35. The summed E-state index contributed by atoms with van der Waals surface area (Å²) in [5.74, 6) is 1.60. The van der Waals surface area contributed by atoms with Gasteiger partial charge >= 0.3 is 0 Å². The number of rotatable bonds is 3. The molecule has 1 amide bonds. The molecule has 2 aliphatic heterocycles. The number of para-hydroxylation sites is 2. The minimum absolute atomic E-state index is 0.0182. The molecule has 1 aromatic carbocycles. The third-order valence-electron chi connectivity index (χ3n) is 5.43. The number of amides is 1. The molecule has 6 nitrogen and oxygen atoms in total. The van der Waals surface area contributed by atoms with E-state index >= 15 is 0 Å². The lowest BCUT2D eigenvalue weighted by molar-refractivity contribution is -0.141. The molecule has 3 heterocycles. The van der Waals surface area contributed by atoms with Crippen molar-refractivity contribution in [2.45, 2.75) is 18.9 Å². The largest absolute Gasteiger partial charge is 0.342 e. The van der Waals surface area contributed by atoms with Crippen LogP contribution < -0.4 is 0 Å². The van der Waals surface area contributed by atoms with Crippen LogP contribution in [-0.4, -0.2) is 82.9 Å². The molecule has 24 heavy (non-hydrogen) atoms. The van der Waals surface area contributed by atoms with Crippen molar-refractivity contribution in [3.05, 3.63) is 30.1 Å². The van der Waals surface area contributed by atoms with Crippen molar-refractivity contribution in [1.29, 1.82) is 0 Å². The van der Waals surface area contributed by atoms with E-state index in [0.29, 0.717) is 5.92 Å². The number of benzene rings is 1. The summed E-state index contributed by atoms with van der Waals surface area (Å²) >= 11 is 0. The molecule has 4 rings (SSSR count). The van der Waals surface area contributed by atoms with E-state index in [9.17, 15) is 4.79 Å². The molecule has 1 atom stereocenters. The SMILES string of the molecule is CC(C(=O)N1CC(c2nc3ccccc3[nH]2)C1)N1CCN(C)CC1. The number of aromatic amines is 1. The number of carbonyl (C=O) groups is 1. The highest BCUT2D eigenvalue weighted by Crippen LogP contribution is 2.27. The van der Waals surface area contributed by atoms with Crippen molar-refractivity contribution in [2.75, 3.05) is 46.3 Å². The molecule has 2 fully saturated rings. The first kappa shape index (κ1) is 15.6. The Morgan fingerprint density at radius 2 is 1.92 bits per heavy atom. The molecule has 2 saturated heterocycles. The summed E-state index contributed by atoms with van der Waals surface area (Å²) in [7, 11) is 2.14. The van der Waals surface area contributed by atoms with Crippen LogP contribution in [0, 0.1) is 0 Å². The van der Waals surface area contributed by atoms with E-state index in [0.717, 1.165) is 56.1 Å². The molecule has 128 valence electrons. The lowest BCUT2D eigenvalue weighted by Gasteiger charge is -2.43. The monoisotopic (exact) mass is 327 g/mol. The maximum Gasteiger partial charge on any atom is 0.239 e. The standard InChI is InChI=1S/C18H25N5O/c1-13(22-9-7-21(2)8-10-22)18(24)23-11-14(12-23)17-19-15-5-3-4-6-16(15)20-17/h3-6,13-14H,7-12H2,1-2H3,(H,19,20). The number of nitrogens with one attached hydrogen (secondary N) is 1. The molecule has 0 radical (unpaired) electrons. The van der Waals surface area contributed by atoms with Gasteiger partial charge in [-0.25, -0.2) is 4.98 Å². The normalized spacial score (nSPS) is 21.8. The first-order valence-corrected chi connectivity index (χ1v) is 8.78. The van der Waals surface area contributed by atoms with Crippen molar-refractivity contribution in [3.8, 4) is 0 Å². The van der Waals surface area contributed by atoms with Gasteiger partial charge in [0.2, 0.25) is 5.91 Å². The van der Waals surface area contributed by atoms with E-state index < -0.39 is 0 Å². The molecule has 1 N–H and O–H groups in total. The number of H-pyrrole nitrogens is 1. The number of nitrogens with zero attached hydrogens (tertiary/aromatic N) is 4. The van der Waals surface area contributed by atoms with Gasteiger partial charge in [-0.2, -0.15) is 0 Å². The molecular formula is C18H25N5O. The highest BCUT2D eigenvalue weighted by atomic mass is 16.2. The summed E-state index contributed by atoms with van der Waals surface area (Å²) in [6, 6.07) is 8.06. The van der Waals surface area contributed by atoms with Gasteiger partial charge < -0.3 is 14.8 Å². The van der Waals surface area contributed by atoms with Gasteiger partial charge in [0.05, 0.1) is 23.0 Å². The fourth-order valence-electron chi connectivity index (χ4n) is 3.63. The third-order valence-corrected chi connectivity index (χ3v) is 5.43. The van der Waals surface area contributed by atoms with Crippen molar-refractivity contribution >= 4 is 16.9 Å². The van der Waals surface area contributed by atoms with Gasteiger partial charge in [0, 0.05) is 39.3 Å². The summed E-state index contributed by atoms with van der Waals surface area (Å²) in [6.07, 6.45) is 0. The smallest absolute Gasteiger partial charge is 0.239 e. The second-order valence-corrected chi connectivity index (χ2v) is 7.09. The zero-order valence-corrected chi connectivity index (χ0v) is 14.4. The van der Waals surface area contributed by atoms with Crippen LogP contribution in [0.3, 0.4) is 0 Å². The van der Waals surface area contributed by atoms with E-state index in [1.54, 1.807) is 0 Å². The van der Waals surface area contributed by atoms with Crippen LogP contribution in [0.2, 0.25) is 0 Å². The van der Waals surface area contributed by atoms with Crippen molar-refractivity contribution in [2.24, 2.45) is 0 Å². The summed E-state index contributed by atoms with van der Waals surface area (Å²) in [5, 5.41) is 0. The number of likely N-dealkylation sites (N-methyl/N-ethyl adjacent to an activating group) is 1. The number of piperazine rings is 1. The first-order chi connectivity index (χ1) is 11.6. The van der Waals surface area contributed by atoms with Crippen LogP contribution >= 0.6 is 0 Å². The summed E-state index contributed by atoms with van der Waals surface area (Å²) in [5.41, 5.74) is 2.08. The molecule has 0 saturated carbocycles. The van der Waals surface area contributed by atoms with Crippen LogP contribution in [0.1, 0.15) is 18.7 Å². The molecule has 0 bridgehead atoms. The highest BCUT2D eigenvalue weighted by Gasteiger charge is 2.37. The molecule has 0 spiro atoms. The molecular weight excluding hydrogens is 302 g/mol. The molecule has 2 aliphatic rings. The number of hydrogen-bond donors (Lipinski definition) is 1. The van der Waals surface area contributed by atoms with Crippen molar-refractivity contribution in [3.63, 3.8) is 0 Å². The predicted octanol–water partition coefficient (Wildman–Crippen LogP) is 1.12. The van der Waals surface area contributed by atoms with Crippen LogP contribution in [0.25, 0.3) is 11.0 Å². The lowest BCUT2D eigenvalue weighted by atomic mass is 9.98. The number of fused-ring (bicyclic) bond motifs is 1. The van der Waals surface area contributed by atoms with Crippen LogP contribution in [0.15, 0.2) is 24.3 Å². The zero-order valence-electron chi connectivity index (χ0n) is 14.4. The van der Waals surface area contributed by atoms with Gasteiger partial charge in [0.1, 0.15) is 5.82 Å². The van der Waals surface area contributed by atoms with Gasteiger partial charge in [-0.05, 0) is 26.1 Å². The van der Waals surface area contributed by atoms with Gasteiger partial charge in [0.15, 0.2) is 0 Å². The fraction of sp³-hybridized carbons (Fsp3) is 0.556. The first-order valence-electron chi connectivity index (χ1n) is 8.78. The topological polar surface area (TPSA) is 55.5 Å². The molecule has 1 aromatic heterocycles. The van der Waals surface area contributed by atoms with E-state index in [2.05, 4.69) is 26.8 Å².